The Bertz CT molecular complexity index is 465. The fraction of sp³-hybridized carbons (Fsp3) is 0.471. The number of allylic oxidation sites excluding steroid dienone is 1. The molecule has 0 radical (unpaired) electrons. The molecule has 0 aliphatic heterocycles. The van der Waals surface area contributed by atoms with Crippen molar-refractivity contribution in [2.24, 2.45) is 17.3 Å². The van der Waals surface area contributed by atoms with Crippen LogP contribution in [0.1, 0.15) is 24.8 Å². The molecule has 3 atom stereocenters. The topological polar surface area (TPSA) is 26.3 Å². The standard InChI is InChI=1S/C17H20O2/c18-11-16-10-14-6-8-17(16,9-7-14)13-19-12-15-4-2-1-3-5-15/h1-6,8,11,14,16H,7,9-10,12-13H2/t14-,16-,17+/m0/s1. The zero-order valence-electron chi connectivity index (χ0n) is 11.1. The van der Waals surface area contributed by atoms with Gasteiger partial charge < -0.3 is 9.53 Å². The average molecular weight is 256 g/mol. The highest BCUT2D eigenvalue weighted by Crippen LogP contribution is 2.49. The molecule has 19 heavy (non-hydrogen) atoms. The molecular weight excluding hydrogens is 236 g/mol. The maximum absolute atomic E-state index is 11.3. The lowest BCUT2D eigenvalue weighted by Gasteiger charge is -2.45. The predicted octanol–water partition coefficient (Wildman–Crippen LogP) is 3.37. The lowest BCUT2D eigenvalue weighted by atomic mass is 9.60. The van der Waals surface area contributed by atoms with Crippen LogP contribution in [0.25, 0.3) is 0 Å². The van der Waals surface area contributed by atoms with Gasteiger partial charge in [0.05, 0.1) is 13.2 Å². The first kappa shape index (κ1) is 12.6. The van der Waals surface area contributed by atoms with Gasteiger partial charge in [0, 0.05) is 11.3 Å². The predicted molar refractivity (Wildman–Crippen MR) is 74.6 cm³/mol. The largest absolute Gasteiger partial charge is 0.376 e. The van der Waals surface area contributed by atoms with E-state index in [0.29, 0.717) is 19.1 Å². The van der Waals surface area contributed by atoms with E-state index in [9.17, 15) is 4.79 Å². The van der Waals surface area contributed by atoms with Crippen LogP contribution in [0, 0.1) is 17.3 Å². The Hall–Kier alpha value is -1.41. The molecule has 1 aromatic rings. The number of fused-ring (bicyclic) bond motifs is 2. The Morgan fingerprint density at radius 1 is 1.32 bits per heavy atom. The number of rotatable bonds is 5. The minimum absolute atomic E-state index is 0.0364. The molecule has 2 bridgehead atoms. The molecular formula is C17H20O2. The van der Waals surface area contributed by atoms with E-state index in [1.165, 1.54) is 12.0 Å². The normalized spacial score (nSPS) is 32.4. The van der Waals surface area contributed by atoms with Crippen LogP contribution in [-0.4, -0.2) is 12.9 Å². The summed E-state index contributed by atoms with van der Waals surface area (Å²) in [6, 6.07) is 10.2. The van der Waals surface area contributed by atoms with Gasteiger partial charge in [-0.1, -0.05) is 42.5 Å². The maximum Gasteiger partial charge on any atom is 0.124 e. The summed E-state index contributed by atoms with van der Waals surface area (Å²) in [6.07, 6.45) is 8.97. The van der Waals surface area contributed by atoms with Crippen molar-refractivity contribution >= 4 is 6.29 Å². The van der Waals surface area contributed by atoms with Crippen LogP contribution in [0.3, 0.4) is 0 Å². The lowest BCUT2D eigenvalue weighted by Crippen LogP contribution is -2.42. The number of ether oxygens (including phenoxy) is 1. The summed E-state index contributed by atoms with van der Waals surface area (Å²) in [4.78, 5) is 11.3. The van der Waals surface area contributed by atoms with E-state index in [1.807, 2.05) is 18.2 Å². The van der Waals surface area contributed by atoms with Gasteiger partial charge in [0.15, 0.2) is 0 Å². The van der Waals surface area contributed by atoms with E-state index in [1.54, 1.807) is 0 Å². The van der Waals surface area contributed by atoms with Crippen LogP contribution in [0.4, 0.5) is 0 Å². The lowest BCUT2D eigenvalue weighted by molar-refractivity contribution is -0.119. The summed E-state index contributed by atoms with van der Waals surface area (Å²) in [5.41, 5.74) is 1.15. The Morgan fingerprint density at radius 2 is 2.16 bits per heavy atom. The summed E-state index contributed by atoms with van der Waals surface area (Å²) in [7, 11) is 0. The Morgan fingerprint density at radius 3 is 2.84 bits per heavy atom. The molecule has 0 unspecified atom stereocenters. The van der Waals surface area contributed by atoms with Crippen molar-refractivity contribution in [1.29, 1.82) is 0 Å². The van der Waals surface area contributed by atoms with E-state index < -0.39 is 0 Å². The number of benzene rings is 1. The third-order valence-electron chi connectivity index (χ3n) is 4.62. The number of hydrogen-bond acceptors (Lipinski definition) is 2. The van der Waals surface area contributed by atoms with Crippen molar-refractivity contribution in [2.45, 2.75) is 25.9 Å². The molecule has 0 aromatic heterocycles. The Kier molecular flexibility index (Phi) is 3.52. The molecule has 2 nitrogen and oxygen atoms in total. The van der Waals surface area contributed by atoms with E-state index in [4.69, 9.17) is 4.74 Å². The molecule has 0 N–H and O–H groups in total. The van der Waals surface area contributed by atoms with Gasteiger partial charge in [-0.15, -0.1) is 0 Å². The number of carbonyl (C=O) groups excluding carboxylic acids is 1. The SMILES string of the molecule is O=C[C@@H]1C[C@H]2C=C[C@]1(COCc1ccccc1)CC2. The first-order valence-electron chi connectivity index (χ1n) is 7.09. The number of carbonyl (C=O) groups is 1. The van der Waals surface area contributed by atoms with Crippen molar-refractivity contribution < 1.29 is 9.53 Å². The molecule has 1 aromatic carbocycles. The highest BCUT2D eigenvalue weighted by molar-refractivity contribution is 5.57. The molecule has 3 aliphatic carbocycles. The summed E-state index contributed by atoms with van der Waals surface area (Å²) < 4.78 is 5.90. The van der Waals surface area contributed by atoms with Crippen molar-refractivity contribution in [3.63, 3.8) is 0 Å². The number of aldehydes is 1. The van der Waals surface area contributed by atoms with Gasteiger partial charge in [0.1, 0.15) is 6.29 Å². The Balaban J connectivity index is 1.63. The van der Waals surface area contributed by atoms with Crippen molar-refractivity contribution in [3.8, 4) is 0 Å². The van der Waals surface area contributed by atoms with Gasteiger partial charge in [-0.05, 0) is 30.7 Å². The second kappa shape index (κ2) is 5.30. The minimum atomic E-state index is -0.0364. The van der Waals surface area contributed by atoms with Crippen LogP contribution in [0.15, 0.2) is 42.5 Å². The molecule has 1 saturated carbocycles. The van der Waals surface area contributed by atoms with E-state index in [2.05, 4.69) is 24.3 Å². The average Bonchev–Trinajstić information content (AvgIpc) is 2.49. The van der Waals surface area contributed by atoms with Crippen molar-refractivity contribution in [2.75, 3.05) is 6.61 Å². The highest BCUT2D eigenvalue weighted by Gasteiger charge is 2.44. The van der Waals surface area contributed by atoms with Gasteiger partial charge in [-0.25, -0.2) is 0 Å². The molecule has 1 fully saturated rings. The zero-order valence-corrected chi connectivity index (χ0v) is 11.1. The van der Waals surface area contributed by atoms with Gasteiger partial charge in [0.25, 0.3) is 0 Å². The zero-order chi connectivity index (χ0) is 13.1. The number of hydrogen-bond donors (Lipinski definition) is 0. The van der Waals surface area contributed by atoms with Crippen LogP contribution in [-0.2, 0) is 16.1 Å². The first-order chi connectivity index (χ1) is 9.32. The van der Waals surface area contributed by atoms with Gasteiger partial charge in [-0.2, -0.15) is 0 Å². The van der Waals surface area contributed by atoms with Crippen molar-refractivity contribution in [3.05, 3.63) is 48.0 Å². The van der Waals surface area contributed by atoms with Crippen LogP contribution in [0.2, 0.25) is 0 Å². The van der Waals surface area contributed by atoms with Crippen LogP contribution >= 0.6 is 0 Å². The molecule has 0 saturated heterocycles. The fourth-order valence-corrected chi connectivity index (χ4v) is 3.38. The fourth-order valence-electron chi connectivity index (χ4n) is 3.38. The molecule has 2 heteroatoms. The maximum atomic E-state index is 11.3. The molecule has 0 amide bonds. The van der Waals surface area contributed by atoms with Crippen molar-refractivity contribution in [1.82, 2.24) is 0 Å². The monoisotopic (exact) mass is 256 g/mol. The quantitative estimate of drug-likeness (QED) is 0.596. The summed E-state index contributed by atoms with van der Waals surface area (Å²) in [5, 5.41) is 0. The highest BCUT2D eigenvalue weighted by atomic mass is 16.5. The molecule has 0 heterocycles. The van der Waals surface area contributed by atoms with Crippen LogP contribution in [0.5, 0.6) is 0 Å². The summed E-state index contributed by atoms with van der Waals surface area (Å²) >= 11 is 0. The first-order valence-corrected chi connectivity index (χ1v) is 7.09. The molecule has 4 rings (SSSR count). The van der Waals surface area contributed by atoms with Gasteiger partial charge >= 0.3 is 0 Å². The summed E-state index contributed by atoms with van der Waals surface area (Å²) in [5.74, 6) is 0.762. The van der Waals surface area contributed by atoms with Crippen LogP contribution < -0.4 is 0 Å². The van der Waals surface area contributed by atoms with E-state index in [-0.39, 0.29) is 11.3 Å². The molecule has 3 aliphatic rings. The van der Waals surface area contributed by atoms with E-state index >= 15 is 0 Å². The second-order valence-electron chi connectivity index (χ2n) is 5.85. The van der Waals surface area contributed by atoms with Gasteiger partial charge in [0.2, 0.25) is 0 Å². The minimum Gasteiger partial charge on any atom is -0.376 e. The third-order valence-corrected chi connectivity index (χ3v) is 4.62. The molecule has 100 valence electrons. The molecule has 0 spiro atoms. The second-order valence-corrected chi connectivity index (χ2v) is 5.85. The summed E-state index contributed by atoms with van der Waals surface area (Å²) in [6.45, 7) is 1.29. The third kappa shape index (κ3) is 2.50. The van der Waals surface area contributed by atoms with E-state index in [0.717, 1.165) is 19.1 Å². The van der Waals surface area contributed by atoms with Gasteiger partial charge in [-0.3, -0.25) is 0 Å². The Labute approximate surface area is 114 Å². The smallest absolute Gasteiger partial charge is 0.124 e.